The van der Waals surface area contributed by atoms with Gasteiger partial charge in [0.25, 0.3) is 5.52 Å². The summed E-state index contributed by atoms with van der Waals surface area (Å²) in [6, 6.07) is 9.46. The van der Waals surface area contributed by atoms with Crippen molar-refractivity contribution in [3.05, 3.63) is 51.9 Å². The van der Waals surface area contributed by atoms with Crippen LogP contribution in [0.15, 0.2) is 36.5 Å². The van der Waals surface area contributed by atoms with Crippen molar-refractivity contribution in [3.63, 3.8) is 0 Å². The minimum atomic E-state index is -1.75. The standard InChI is InChI=1S/C10H9NO.NO3/c1-11-7-3-5-8-4-2-6-9(12)10(8)11;2-1(3)4/h2-7H,1H3;/q;-1/p+1. The highest BCUT2D eigenvalue weighted by Crippen LogP contribution is 2.19. The Morgan fingerprint density at radius 1 is 1.25 bits per heavy atom. The van der Waals surface area contributed by atoms with E-state index < -0.39 is 5.09 Å². The molecule has 2 rings (SSSR count). The Labute approximate surface area is 91.1 Å². The highest BCUT2D eigenvalue weighted by atomic mass is 16.9. The zero-order valence-electron chi connectivity index (χ0n) is 8.53. The highest BCUT2D eigenvalue weighted by molar-refractivity contribution is 5.80. The molecule has 0 aliphatic heterocycles. The van der Waals surface area contributed by atoms with E-state index in [1.165, 1.54) is 0 Å². The van der Waals surface area contributed by atoms with E-state index in [0.29, 0.717) is 5.75 Å². The number of aromatic nitrogens is 1. The van der Waals surface area contributed by atoms with Crippen molar-refractivity contribution in [1.29, 1.82) is 0 Å². The molecule has 1 aromatic carbocycles. The second kappa shape index (κ2) is 4.92. The van der Waals surface area contributed by atoms with Crippen LogP contribution in [-0.4, -0.2) is 10.2 Å². The minimum Gasteiger partial charge on any atom is -0.502 e. The second-order valence-corrected chi connectivity index (χ2v) is 3.06. The third-order valence-corrected chi connectivity index (χ3v) is 1.98. The quantitative estimate of drug-likeness (QED) is 0.411. The average Bonchev–Trinajstić information content (AvgIpc) is 2.17. The fraction of sp³-hybridized carbons (Fsp3) is 0.100. The van der Waals surface area contributed by atoms with E-state index in [1.807, 2.05) is 42.1 Å². The molecule has 16 heavy (non-hydrogen) atoms. The normalized spacial score (nSPS) is 9.31. The van der Waals surface area contributed by atoms with Gasteiger partial charge < -0.3 is 20.4 Å². The van der Waals surface area contributed by atoms with Gasteiger partial charge in [-0.15, -0.1) is 0 Å². The Morgan fingerprint density at radius 2 is 1.81 bits per heavy atom. The summed E-state index contributed by atoms with van der Waals surface area (Å²) in [6.45, 7) is 0. The number of para-hydroxylation sites is 1. The summed E-state index contributed by atoms with van der Waals surface area (Å²) in [4.78, 5) is 8.25. The number of phenolic OH excluding ortho intramolecular Hbond substituents is 1. The molecule has 0 fully saturated rings. The predicted molar refractivity (Wildman–Crippen MR) is 57.2 cm³/mol. The van der Waals surface area contributed by atoms with Crippen LogP contribution in [-0.2, 0) is 7.05 Å². The van der Waals surface area contributed by atoms with Crippen LogP contribution in [0.3, 0.4) is 0 Å². The molecule has 0 spiro atoms. The Balaban J connectivity index is 0.000000280. The third-order valence-electron chi connectivity index (χ3n) is 1.98. The van der Waals surface area contributed by atoms with Crippen LogP contribution < -0.4 is 4.57 Å². The minimum absolute atomic E-state index is 0.329. The van der Waals surface area contributed by atoms with Crippen LogP contribution in [0.1, 0.15) is 0 Å². The van der Waals surface area contributed by atoms with E-state index in [9.17, 15) is 5.11 Å². The van der Waals surface area contributed by atoms with Crippen molar-refractivity contribution in [2.24, 2.45) is 7.05 Å². The Hall–Kier alpha value is -2.37. The number of hydrogen-bond donors (Lipinski definition) is 1. The van der Waals surface area contributed by atoms with Gasteiger partial charge in [-0.2, -0.15) is 4.57 Å². The molecule has 6 nitrogen and oxygen atoms in total. The number of benzene rings is 1. The number of aromatic hydroxyl groups is 1. The molecular weight excluding hydrogens is 212 g/mol. The topological polar surface area (TPSA) is 90.3 Å². The Bertz CT molecular complexity index is 472. The van der Waals surface area contributed by atoms with Crippen LogP contribution in [0.5, 0.6) is 5.75 Å². The maximum Gasteiger partial charge on any atom is 0.254 e. The SMILES string of the molecule is C[n+]1cccc2cccc(O)c21.O=[N+]([O-])[O-]. The Morgan fingerprint density at radius 3 is 2.38 bits per heavy atom. The Kier molecular flexibility index (Phi) is 3.60. The summed E-state index contributed by atoms with van der Waals surface area (Å²) >= 11 is 0. The number of nitrogens with zero attached hydrogens (tertiary/aromatic N) is 2. The summed E-state index contributed by atoms with van der Waals surface area (Å²) < 4.78 is 1.91. The van der Waals surface area contributed by atoms with Gasteiger partial charge in [-0.05, 0) is 18.2 Å². The van der Waals surface area contributed by atoms with Crippen molar-refractivity contribution in [2.45, 2.75) is 0 Å². The zero-order chi connectivity index (χ0) is 12.1. The first-order valence-electron chi connectivity index (χ1n) is 4.40. The summed E-state index contributed by atoms with van der Waals surface area (Å²) in [7, 11) is 1.92. The van der Waals surface area contributed by atoms with Gasteiger partial charge in [0.15, 0.2) is 11.9 Å². The van der Waals surface area contributed by atoms with Crippen molar-refractivity contribution >= 4 is 10.9 Å². The summed E-state index contributed by atoms with van der Waals surface area (Å²) in [5.74, 6) is 0.329. The smallest absolute Gasteiger partial charge is 0.254 e. The molecule has 0 bridgehead atoms. The highest BCUT2D eigenvalue weighted by Gasteiger charge is 2.07. The molecule has 1 aromatic heterocycles. The monoisotopic (exact) mass is 222 g/mol. The third kappa shape index (κ3) is 2.81. The van der Waals surface area contributed by atoms with Gasteiger partial charge in [-0.3, -0.25) is 0 Å². The van der Waals surface area contributed by atoms with Gasteiger partial charge in [0, 0.05) is 6.07 Å². The lowest BCUT2D eigenvalue weighted by molar-refractivity contribution is -0.645. The van der Waals surface area contributed by atoms with Crippen molar-refractivity contribution in [2.75, 3.05) is 0 Å². The number of rotatable bonds is 0. The molecular formula is C10H10N2O4. The molecule has 0 amide bonds. The molecule has 1 N–H and O–H groups in total. The van der Waals surface area contributed by atoms with Crippen molar-refractivity contribution < 1.29 is 14.8 Å². The molecule has 0 saturated heterocycles. The molecule has 0 aliphatic carbocycles. The summed E-state index contributed by atoms with van der Waals surface area (Å²) in [5, 5.41) is 25.3. The second-order valence-electron chi connectivity index (χ2n) is 3.06. The lowest BCUT2D eigenvalue weighted by atomic mass is 10.2. The van der Waals surface area contributed by atoms with Crippen molar-refractivity contribution in [3.8, 4) is 5.75 Å². The van der Waals surface area contributed by atoms with Crippen LogP contribution in [0, 0.1) is 15.3 Å². The van der Waals surface area contributed by atoms with Gasteiger partial charge in [0.2, 0.25) is 0 Å². The molecule has 1 heterocycles. The largest absolute Gasteiger partial charge is 0.502 e. The molecule has 84 valence electrons. The van der Waals surface area contributed by atoms with Crippen LogP contribution in [0.4, 0.5) is 0 Å². The van der Waals surface area contributed by atoms with Gasteiger partial charge in [0.05, 0.1) is 10.5 Å². The molecule has 2 aromatic rings. The van der Waals surface area contributed by atoms with Crippen LogP contribution in [0.25, 0.3) is 10.9 Å². The first kappa shape index (κ1) is 11.7. The summed E-state index contributed by atoms with van der Waals surface area (Å²) in [5.41, 5.74) is 0.875. The van der Waals surface area contributed by atoms with E-state index in [2.05, 4.69) is 0 Å². The zero-order valence-corrected chi connectivity index (χ0v) is 8.53. The number of fused-ring (bicyclic) bond motifs is 1. The fourth-order valence-corrected chi connectivity index (χ4v) is 1.42. The van der Waals surface area contributed by atoms with Crippen LogP contribution >= 0.6 is 0 Å². The van der Waals surface area contributed by atoms with Gasteiger partial charge in [0.1, 0.15) is 7.05 Å². The van der Waals surface area contributed by atoms with Crippen molar-refractivity contribution in [1.82, 2.24) is 0 Å². The van der Waals surface area contributed by atoms with E-state index >= 15 is 0 Å². The number of hydrogen-bond acceptors (Lipinski definition) is 4. The first-order valence-corrected chi connectivity index (χ1v) is 4.40. The number of phenols is 1. The predicted octanol–water partition coefficient (Wildman–Crippen LogP) is 1.13. The molecule has 0 saturated carbocycles. The lowest BCUT2D eigenvalue weighted by Gasteiger charge is -1.96. The van der Waals surface area contributed by atoms with Gasteiger partial charge in [-0.25, -0.2) is 0 Å². The molecule has 0 radical (unpaired) electrons. The molecule has 0 atom stereocenters. The lowest BCUT2D eigenvalue weighted by Crippen LogP contribution is -2.27. The molecule has 0 unspecified atom stereocenters. The first-order chi connectivity index (χ1) is 7.52. The molecule has 6 heteroatoms. The number of pyridine rings is 1. The van der Waals surface area contributed by atoms with E-state index in [4.69, 9.17) is 15.3 Å². The maximum absolute atomic E-state index is 9.53. The average molecular weight is 222 g/mol. The van der Waals surface area contributed by atoms with Crippen LogP contribution in [0.2, 0.25) is 0 Å². The summed E-state index contributed by atoms with van der Waals surface area (Å²) in [6.07, 6.45) is 1.92. The fourth-order valence-electron chi connectivity index (χ4n) is 1.42. The molecule has 0 aliphatic rings. The maximum atomic E-state index is 9.53. The van der Waals surface area contributed by atoms with E-state index in [-0.39, 0.29) is 0 Å². The van der Waals surface area contributed by atoms with E-state index in [1.54, 1.807) is 6.07 Å². The van der Waals surface area contributed by atoms with Gasteiger partial charge in [-0.1, -0.05) is 6.07 Å². The van der Waals surface area contributed by atoms with E-state index in [0.717, 1.165) is 10.9 Å². The number of aryl methyl sites for hydroxylation is 1. The van der Waals surface area contributed by atoms with Gasteiger partial charge >= 0.3 is 0 Å².